The van der Waals surface area contributed by atoms with E-state index >= 15 is 0 Å². The van der Waals surface area contributed by atoms with E-state index in [1.165, 1.54) is 22.0 Å². The van der Waals surface area contributed by atoms with E-state index in [0.717, 1.165) is 0 Å². The smallest absolute Gasteiger partial charge is 0.169 e. The first-order chi connectivity index (χ1) is 11.9. The lowest BCUT2D eigenvalue weighted by atomic mass is 10.0. The van der Waals surface area contributed by atoms with Crippen molar-refractivity contribution < 1.29 is 0 Å². The molecule has 3 rings (SSSR count). The van der Waals surface area contributed by atoms with Gasteiger partial charge in [-0.15, -0.1) is 0 Å². The lowest BCUT2D eigenvalue weighted by Crippen LogP contribution is -2.51. The van der Waals surface area contributed by atoms with Gasteiger partial charge in [-0.3, -0.25) is 0 Å². The third-order valence-corrected chi connectivity index (χ3v) is 12.8. The van der Waals surface area contributed by atoms with Gasteiger partial charge in [0.2, 0.25) is 0 Å². The minimum absolute atomic E-state index is 0.698. The Kier molecular flexibility index (Phi) is 4.92. The van der Waals surface area contributed by atoms with Crippen molar-refractivity contribution in [3.8, 4) is 11.1 Å². The first-order valence-electron chi connectivity index (χ1n) is 9.56. The lowest BCUT2D eigenvalue weighted by Gasteiger charge is -2.44. The predicted octanol–water partition coefficient (Wildman–Crippen LogP) is 7.33. The van der Waals surface area contributed by atoms with E-state index in [9.17, 15) is 0 Å². The second-order valence-electron chi connectivity index (χ2n) is 8.18. The van der Waals surface area contributed by atoms with Crippen LogP contribution in [0.5, 0.6) is 0 Å². The van der Waals surface area contributed by atoms with Crippen LogP contribution in [0.15, 0.2) is 60.8 Å². The molecule has 0 atom stereocenters. The molecule has 0 aliphatic heterocycles. The average molecular weight is 350 g/mol. The minimum Gasteiger partial charge on any atom is -0.373 e. The number of nitrogens with zero attached hydrogens (tertiary/aromatic N) is 1. The summed E-state index contributed by atoms with van der Waals surface area (Å²) >= 11 is 0. The van der Waals surface area contributed by atoms with Gasteiger partial charge < -0.3 is 4.23 Å². The lowest BCUT2D eigenvalue weighted by molar-refractivity contribution is 0.773. The average Bonchev–Trinajstić information content (AvgIpc) is 2.99. The fourth-order valence-electron chi connectivity index (χ4n) is 5.11. The summed E-state index contributed by atoms with van der Waals surface area (Å²) in [7, 11) is -1.72. The van der Waals surface area contributed by atoms with Gasteiger partial charge in [0.25, 0.3) is 0 Å². The molecule has 0 spiro atoms. The van der Waals surface area contributed by atoms with Crippen molar-refractivity contribution in [2.75, 3.05) is 0 Å². The largest absolute Gasteiger partial charge is 0.373 e. The van der Waals surface area contributed by atoms with E-state index < -0.39 is 8.24 Å². The van der Waals surface area contributed by atoms with Crippen molar-refractivity contribution in [2.24, 2.45) is 0 Å². The highest BCUT2D eigenvalue weighted by atomic mass is 28.3. The molecule has 0 N–H and O–H groups in total. The molecule has 1 heterocycles. The molecule has 0 amide bonds. The van der Waals surface area contributed by atoms with E-state index in [2.05, 4.69) is 107 Å². The summed E-state index contributed by atoms with van der Waals surface area (Å²) in [4.78, 5) is 0. The molecule has 0 aliphatic rings. The first-order valence-corrected chi connectivity index (χ1v) is 11.7. The van der Waals surface area contributed by atoms with Crippen LogP contribution >= 0.6 is 0 Å². The molecule has 0 bridgehead atoms. The zero-order valence-electron chi connectivity index (χ0n) is 16.5. The first kappa shape index (κ1) is 18.0. The van der Waals surface area contributed by atoms with Gasteiger partial charge in [-0.25, -0.2) is 0 Å². The highest BCUT2D eigenvalue weighted by Gasteiger charge is 2.45. The molecule has 25 heavy (non-hydrogen) atoms. The third kappa shape index (κ3) is 2.87. The van der Waals surface area contributed by atoms with Crippen molar-refractivity contribution in [2.45, 2.75) is 58.2 Å². The van der Waals surface area contributed by atoms with E-state index in [1.807, 2.05) is 0 Å². The topological polar surface area (TPSA) is 4.93 Å². The van der Waals surface area contributed by atoms with Crippen LogP contribution < -0.4 is 0 Å². The Hall–Kier alpha value is -1.80. The second-order valence-corrected chi connectivity index (χ2v) is 13.9. The molecule has 0 radical (unpaired) electrons. The van der Waals surface area contributed by atoms with E-state index in [1.54, 1.807) is 0 Å². The second kappa shape index (κ2) is 6.84. The van der Waals surface area contributed by atoms with Crippen molar-refractivity contribution in [1.29, 1.82) is 0 Å². The van der Waals surface area contributed by atoms with Crippen LogP contribution in [0.1, 0.15) is 41.5 Å². The van der Waals surface area contributed by atoms with Crippen molar-refractivity contribution in [3.63, 3.8) is 0 Å². The number of aromatic nitrogens is 1. The van der Waals surface area contributed by atoms with Crippen LogP contribution in [0.25, 0.3) is 22.0 Å². The molecule has 0 saturated carbocycles. The van der Waals surface area contributed by atoms with Crippen LogP contribution in [0.3, 0.4) is 0 Å². The van der Waals surface area contributed by atoms with Gasteiger partial charge in [0, 0.05) is 5.52 Å². The monoisotopic (exact) mass is 349 g/mol. The van der Waals surface area contributed by atoms with Crippen LogP contribution in [0.2, 0.25) is 16.6 Å². The summed E-state index contributed by atoms with van der Waals surface area (Å²) in [5.41, 5.74) is 6.11. The Morgan fingerprint density at radius 1 is 0.680 bits per heavy atom. The number of fused-ring (bicyclic) bond motifs is 1. The summed E-state index contributed by atoms with van der Waals surface area (Å²) in [6.07, 6.45) is 2.37. The molecule has 0 saturated heterocycles. The highest BCUT2D eigenvalue weighted by molar-refractivity contribution is 6.82. The van der Waals surface area contributed by atoms with E-state index in [0.29, 0.717) is 16.6 Å². The van der Waals surface area contributed by atoms with Gasteiger partial charge in [-0.2, -0.15) is 0 Å². The summed E-state index contributed by atoms with van der Waals surface area (Å²) in [5.74, 6) is 0. The Bertz CT molecular complexity index is 821. The predicted molar refractivity (Wildman–Crippen MR) is 114 cm³/mol. The quantitative estimate of drug-likeness (QED) is 0.425. The fourth-order valence-corrected chi connectivity index (χ4v) is 11.7. The van der Waals surface area contributed by atoms with Crippen LogP contribution in [0.4, 0.5) is 0 Å². The minimum atomic E-state index is -1.72. The Labute approximate surface area is 153 Å². The molecule has 0 unspecified atom stereocenters. The summed E-state index contributed by atoms with van der Waals surface area (Å²) in [6, 6.07) is 20.0. The van der Waals surface area contributed by atoms with Crippen LogP contribution in [0, 0.1) is 0 Å². The van der Waals surface area contributed by atoms with Gasteiger partial charge >= 0.3 is 0 Å². The molecular formula is C23H31NSi. The van der Waals surface area contributed by atoms with E-state index in [-0.39, 0.29) is 0 Å². The summed E-state index contributed by atoms with van der Waals surface area (Å²) in [5, 5.41) is 1.36. The molecule has 2 heteroatoms. The molecule has 2 aromatic carbocycles. The fraction of sp³-hybridized carbons (Fsp3) is 0.391. The Morgan fingerprint density at radius 3 is 1.84 bits per heavy atom. The summed E-state index contributed by atoms with van der Waals surface area (Å²) < 4.78 is 2.70. The Morgan fingerprint density at radius 2 is 1.28 bits per heavy atom. The molecule has 0 fully saturated rings. The number of benzene rings is 2. The molecular weight excluding hydrogens is 318 g/mol. The van der Waals surface area contributed by atoms with Gasteiger partial charge in [0.05, 0.1) is 0 Å². The van der Waals surface area contributed by atoms with Crippen molar-refractivity contribution in [3.05, 3.63) is 60.8 Å². The third-order valence-electron chi connectivity index (χ3n) is 5.99. The molecule has 1 nitrogen and oxygen atoms in total. The number of hydrogen-bond acceptors (Lipinski definition) is 0. The SMILES string of the molecule is CC(C)[Si](C(C)C)(C(C)C)n1ccc2ccc(-c3ccccc3)cc21. The number of hydrogen-bond donors (Lipinski definition) is 0. The molecule has 1 aromatic heterocycles. The number of rotatable bonds is 5. The molecule has 3 aromatic rings. The van der Waals surface area contributed by atoms with Gasteiger partial charge in [-0.05, 0) is 51.5 Å². The van der Waals surface area contributed by atoms with Gasteiger partial charge in [0.1, 0.15) is 0 Å². The highest BCUT2D eigenvalue weighted by Crippen LogP contribution is 2.44. The Balaban J connectivity index is 2.25. The molecule has 0 aliphatic carbocycles. The maximum atomic E-state index is 2.70. The zero-order valence-corrected chi connectivity index (χ0v) is 17.5. The van der Waals surface area contributed by atoms with Gasteiger partial charge in [0.15, 0.2) is 8.24 Å². The summed E-state index contributed by atoms with van der Waals surface area (Å²) in [6.45, 7) is 14.6. The van der Waals surface area contributed by atoms with Crippen LogP contribution in [-0.4, -0.2) is 12.5 Å². The van der Waals surface area contributed by atoms with Gasteiger partial charge in [-0.1, -0.05) is 84.0 Å². The van der Waals surface area contributed by atoms with Crippen LogP contribution in [-0.2, 0) is 0 Å². The van der Waals surface area contributed by atoms with E-state index in [4.69, 9.17) is 0 Å². The van der Waals surface area contributed by atoms with Crippen molar-refractivity contribution >= 4 is 19.1 Å². The maximum absolute atomic E-state index is 2.70. The maximum Gasteiger partial charge on any atom is 0.169 e. The zero-order chi connectivity index (χ0) is 18.2. The standard InChI is InChI=1S/C23H31NSi/c1-17(2)25(18(3)4,19(5)6)24-15-14-21-12-13-22(16-23(21)24)20-10-8-7-9-11-20/h7-19H,1-6H3. The normalized spacial score (nSPS) is 12.7. The van der Waals surface area contributed by atoms with Crippen molar-refractivity contribution in [1.82, 2.24) is 4.23 Å². The molecule has 132 valence electrons.